The second-order valence-corrected chi connectivity index (χ2v) is 6.22. The number of carboxylic acid groups (broad SMARTS) is 1. The van der Waals surface area contributed by atoms with Crippen LogP contribution in [0.5, 0.6) is 0 Å². The van der Waals surface area contributed by atoms with Crippen LogP contribution in [0.15, 0.2) is 0 Å². The summed E-state index contributed by atoms with van der Waals surface area (Å²) in [6, 6.07) is -2.20. The average Bonchev–Trinajstić information content (AvgIpc) is 3.03. The first-order valence-electron chi connectivity index (χ1n) is 8.06. The Bertz CT molecular complexity index is 488. The molecule has 136 valence electrons. The van der Waals surface area contributed by atoms with Gasteiger partial charge in [-0.3, -0.25) is 14.4 Å². The zero-order valence-electron chi connectivity index (χ0n) is 14.2. The average molecular weight is 342 g/mol. The second kappa shape index (κ2) is 9.21. The topological polar surface area (TPSA) is 137 Å². The minimum Gasteiger partial charge on any atom is -0.480 e. The van der Waals surface area contributed by atoms with Crippen LogP contribution in [0.3, 0.4) is 0 Å². The van der Waals surface area contributed by atoms with Gasteiger partial charge in [0.2, 0.25) is 17.7 Å². The monoisotopic (exact) mass is 342 g/mol. The summed E-state index contributed by atoms with van der Waals surface area (Å²) >= 11 is 0. The summed E-state index contributed by atoms with van der Waals surface area (Å²) in [5, 5.41) is 19.4. The van der Waals surface area contributed by atoms with Gasteiger partial charge in [-0.15, -0.1) is 0 Å². The summed E-state index contributed by atoms with van der Waals surface area (Å²) in [6.45, 7) is 5.35. The summed E-state index contributed by atoms with van der Waals surface area (Å²) in [4.78, 5) is 46.6. The number of hydrogen-bond acceptors (Lipinski definition) is 5. The summed E-state index contributed by atoms with van der Waals surface area (Å²) in [5.41, 5.74) is 0. The van der Waals surface area contributed by atoms with Gasteiger partial charge in [-0.2, -0.15) is 0 Å². The molecule has 3 amide bonds. The van der Waals surface area contributed by atoms with Crippen LogP contribution in [0.2, 0.25) is 0 Å². The van der Waals surface area contributed by atoms with E-state index in [0.717, 1.165) is 19.4 Å². The number of rotatable bonds is 8. The molecular formula is C15H26N4O5. The van der Waals surface area contributed by atoms with Crippen LogP contribution < -0.4 is 21.3 Å². The standard InChI is InChI=1S/C15H26N4O5/c1-8(2)12(15(23)24)19-13(21)9(3)18-11(20)7-17-14(22)10-5-4-6-16-10/h8-10,12,16H,4-7H2,1-3H3,(H,17,22)(H,18,20)(H,19,21)(H,23,24). The molecule has 3 unspecified atom stereocenters. The van der Waals surface area contributed by atoms with E-state index in [4.69, 9.17) is 5.11 Å². The number of carbonyl (C=O) groups excluding carboxylic acids is 3. The Labute approximate surface area is 140 Å². The fourth-order valence-electron chi connectivity index (χ4n) is 2.35. The number of hydrogen-bond donors (Lipinski definition) is 5. The van der Waals surface area contributed by atoms with E-state index in [1.165, 1.54) is 6.92 Å². The van der Waals surface area contributed by atoms with Gasteiger partial charge >= 0.3 is 5.97 Å². The molecule has 5 N–H and O–H groups in total. The van der Waals surface area contributed by atoms with Crippen molar-refractivity contribution in [3.63, 3.8) is 0 Å². The number of aliphatic carboxylic acids is 1. The summed E-state index contributed by atoms with van der Waals surface area (Å²) in [6.07, 6.45) is 1.65. The highest BCUT2D eigenvalue weighted by Crippen LogP contribution is 2.04. The Morgan fingerprint density at radius 2 is 1.83 bits per heavy atom. The Morgan fingerprint density at radius 3 is 2.33 bits per heavy atom. The summed E-state index contributed by atoms with van der Waals surface area (Å²) in [5.74, 6) is -2.76. The van der Waals surface area contributed by atoms with Crippen LogP contribution in [0.1, 0.15) is 33.6 Å². The predicted octanol–water partition coefficient (Wildman–Crippen LogP) is -1.42. The van der Waals surface area contributed by atoms with Crippen molar-refractivity contribution in [2.75, 3.05) is 13.1 Å². The van der Waals surface area contributed by atoms with Gasteiger partial charge in [0, 0.05) is 0 Å². The van der Waals surface area contributed by atoms with Crippen molar-refractivity contribution >= 4 is 23.7 Å². The third-order valence-electron chi connectivity index (χ3n) is 3.80. The van der Waals surface area contributed by atoms with Crippen molar-refractivity contribution in [3.05, 3.63) is 0 Å². The van der Waals surface area contributed by atoms with E-state index >= 15 is 0 Å². The molecule has 1 saturated heterocycles. The van der Waals surface area contributed by atoms with E-state index in [2.05, 4.69) is 21.3 Å². The molecule has 0 radical (unpaired) electrons. The molecule has 9 nitrogen and oxygen atoms in total. The van der Waals surface area contributed by atoms with Gasteiger partial charge in [-0.25, -0.2) is 4.79 Å². The van der Waals surface area contributed by atoms with E-state index in [9.17, 15) is 19.2 Å². The zero-order valence-corrected chi connectivity index (χ0v) is 14.2. The van der Waals surface area contributed by atoms with E-state index in [1.54, 1.807) is 13.8 Å². The normalized spacial score (nSPS) is 19.4. The largest absolute Gasteiger partial charge is 0.480 e. The van der Waals surface area contributed by atoms with Crippen LogP contribution >= 0.6 is 0 Å². The van der Waals surface area contributed by atoms with Gasteiger partial charge in [0.15, 0.2) is 0 Å². The van der Waals surface area contributed by atoms with Gasteiger partial charge in [0.05, 0.1) is 12.6 Å². The Hall–Kier alpha value is -2.16. The van der Waals surface area contributed by atoms with E-state index < -0.39 is 29.9 Å². The molecule has 1 aliphatic heterocycles. The van der Waals surface area contributed by atoms with Crippen molar-refractivity contribution in [1.29, 1.82) is 0 Å². The molecule has 1 aliphatic rings. The fraction of sp³-hybridized carbons (Fsp3) is 0.733. The molecule has 24 heavy (non-hydrogen) atoms. The third kappa shape index (κ3) is 6.15. The third-order valence-corrected chi connectivity index (χ3v) is 3.80. The van der Waals surface area contributed by atoms with Gasteiger partial charge < -0.3 is 26.4 Å². The molecule has 0 aromatic rings. The van der Waals surface area contributed by atoms with Gasteiger partial charge in [0.25, 0.3) is 0 Å². The van der Waals surface area contributed by atoms with Crippen LogP contribution in [0.25, 0.3) is 0 Å². The van der Waals surface area contributed by atoms with Crippen LogP contribution in [0, 0.1) is 5.92 Å². The highest BCUT2D eigenvalue weighted by molar-refractivity contribution is 5.92. The molecular weight excluding hydrogens is 316 g/mol. The number of nitrogens with one attached hydrogen (secondary N) is 4. The van der Waals surface area contributed by atoms with Gasteiger partial charge in [-0.05, 0) is 32.2 Å². The number of amides is 3. The van der Waals surface area contributed by atoms with Gasteiger partial charge in [-0.1, -0.05) is 13.8 Å². The Balaban J connectivity index is 2.38. The molecule has 0 saturated carbocycles. The molecule has 0 bridgehead atoms. The zero-order chi connectivity index (χ0) is 18.3. The number of carboxylic acids is 1. The molecule has 1 fully saturated rings. The summed E-state index contributed by atoms with van der Waals surface area (Å²) in [7, 11) is 0. The lowest BCUT2D eigenvalue weighted by atomic mass is 10.0. The highest BCUT2D eigenvalue weighted by atomic mass is 16.4. The maximum atomic E-state index is 12.0. The Kier molecular flexibility index (Phi) is 7.63. The molecule has 0 aliphatic carbocycles. The smallest absolute Gasteiger partial charge is 0.326 e. The van der Waals surface area contributed by atoms with Crippen LogP contribution in [-0.4, -0.2) is 60.0 Å². The van der Waals surface area contributed by atoms with Crippen molar-refractivity contribution in [3.8, 4) is 0 Å². The Morgan fingerprint density at radius 1 is 1.17 bits per heavy atom. The molecule has 0 spiro atoms. The molecule has 0 aromatic heterocycles. The van der Waals surface area contributed by atoms with Crippen LogP contribution in [0.4, 0.5) is 0 Å². The van der Waals surface area contributed by atoms with E-state index in [1.807, 2.05) is 0 Å². The van der Waals surface area contributed by atoms with Crippen molar-refractivity contribution in [1.82, 2.24) is 21.3 Å². The van der Waals surface area contributed by atoms with Crippen molar-refractivity contribution in [2.45, 2.75) is 51.7 Å². The molecule has 0 aromatic carbocycles. The van der Waals surface area contributed by atoms with Gasteiger partial charge in [0.1, 0.15) is 12.1 Å². The molecule has 1 heterocycles. The first kappa shape index (κ1) is 19.9. The molecule has 1 rings (SSSR count). The maximum absolute atomic E-state index is 12.0. The maximum Gasteiger partial charge on any atom is 0.326 e. The predicted molar refractivity (Wildman–Crippen MR) is 86.0 cm³/mol. The minimum atomic E-state index is -1.13. The minimum absolute atomic E-state index is 0.235. The molecule has 3 atom stereocenters. The lowest BCUT2D eigenvalue weighted by Crippen LogP contribution is -2.53. The SMILES string of the molecule is CC(NC(=O)CNC(=O)C1CCCN1)C(=O)NC(C(=O)O)C(C)C. The number of carbonyl (C=O) groups is 4. The quantitative estimate of drug-likeness (QED) is 0.367. The lowest BCUT2D eigenvalue weighted by molar-refractivity contribution is -0.143. The van der Waals surface area contributed by atoms with Crippen molar-refractivity contribution < 1.29 is 24.3 Å². The second-order valence-electron chi connectivity index (χ2n) is 6.22. The van der Waals surface area contributed by atoms with Crippen LogP contribution in [-0.2, 0) is 19.2 Å². The lowest BCUT2D eigenvalue weighted by Gasteiger charge is -2.21. The van der Waals surface area contributed by atoms with E-state index in [-0.39, 0.29) is 24.4 Å². The first-order chi connectivity index (χ1) is 11.2. The molecule has 9 heteroatoms. The van der Waals surface area contributed by atoms with E-state index in [0.29, 0.717) is 0 Å². The first-order valence-corrected chi connectivity index (χ1v) is 8.06. The fourth-order valence-corrected chi connectivity index (χ4v) is 2.35. The summed E-state index contributed by atoms with van der Waals surface area (Å²) < 4.78 is 0. The van der Waals surface area contributed by atoms with Crippen molar-refractivity contribution in [2.24, 2.45) is 5.92 Å². The highest BCUT2D eigenvalue weighted by Gasteiger charge is 2.27.